The van der Waals surface area contributed by atoms with Crippen molar-refractivity contribution in [3.63, 3.8) is 0 Å². The van der Waals surface area contributed by atoms with Crippen LogP contribution in [0.4, 0.5) is 5.82 Å². The Morgan fingerprint density at radius 1 is 1.27 bits per heavy atom. The number of H-pyrrole nitrogens is 1. The fourth-order valence-electron chi connectivity index (χ4n) is 3.39. The molecule has 1 aromatic carbocycles. The highest BCUT2D eigenvalue weighted by Gasteiger charge is 2.21. The summed E-state index contributed by atoms with van der Waals surface area (Å²) in [5.41, 5.74) is 7.73. The van der Waals surface area contributed by atoms with Crippen LogP contribution < -0.4 is 16.6 Å². The number of benzene rings is 1. The Bertz CT molecular complexity index is 716. The van der Waals surface area contributed by atoms with Gasteiger partial charge < -0.3 is 10.7 Å². The third-order valence-electron chi connectivity index (χ3n) is 4.50. The molecule has 22 heavy (non-hydrogen) atoms. The number of carbonyl (C=O) groups is 2. The maximum atomic E-state index is 11.7. The number of amides is 2. The number of rotatable bonds is 4. The zero-order valence-corrected chi connectivity index (χ0v) is 12.3. The van der Waals surface area contributed by atoms with Gasteiger partial charge in [-0.05, 0) is 30.4 Å². The van der Waals surface area contributed by atoms with Crippen LogP contribution in [0, 0.1) is 0 Å². The first kappa shape index (κ1) is 14.6. The topological polar surface area (TPSA) is 105 Å². The molecule has 0 radical (unpaired) electrons. The van der Waals surface area contributed by atoms with Crippen molar-refractivity contribution in [2.45, 2.75) is 38.0 Å². The molecule has 6 heteroatoms. The van der Waals surface area contributed by atoms with E-state index in [1.54, 1.807) is 0 Å². The van der Waals surface area contributed by atoms with Gasteiger partial charge >= 0.3 is 0 Å². The number of nitrogens with one attached hydrogen (secondary N) is 1. The molecule has 2 aromatic rings. The molecule has 1 fully saturated rings. The first-order valence-electron chi connectivity index (χ1n) is 7.56. The van der Waals surface area contributed by atoms with Crippen LogP contribution in [0.5, 0.6) is 0 Å². The van der Waals surface area contributed by atoms with Crippen molar-refractivity contribution in [1.29, 1.82) is 0 Å². The van der Waals surface area contributed by atoms with Crippen LogP contribution in [0.2, 0.25) is 0 Å². The molecule has 2 amide bonds. The summed E-state index contributed by atoms with van der Waals surface area (Å²) in [6.45, 7) is 0. The van der Waals surface area contributed by atoms with Crippen LogP contribution in [-0.4, -0.2) is 17.3 Å². The Morgan fingerprint density at radius 3 is 2.64 bits per heavy atom. The number of nitrogens with zero attached hydrogens (tertiary/aromatic N) is 1. The number of hydrazine groups is 1. The summed E-state index contributed by atoms with van der Waals surface area (Å²) in [5.74, 6) is 5.79. The molecule has 1 heterocycles. The van der Waals surface area contributed by atoms with Crippen molar-refractivity contribution >= 4 is 29.0 Å². The summed E-state index contributed by atoms with van der Waals surface area (Å²) in [7, 11) is 0. The van der Waals surface area contributed by atoms with E-state index in [2.05, 4.69) is 4.98 Å². The molecule has 1 aliphatic carbocycles. The lowest BCUT2D eigenvalue weighted by Gasteiger charge is -2.21. The number of carbonyl (C=O) groups excluding carboxylic acids is 2. The Balaban J connectivity index is 2.08. The molecule has 1 aromatic heterocycles. The number of nitrogens with two attached hydrogens (primary N) is 2. The van der Waals surface area contributed by atoms with Crippen LogP contribution in [0.3, 0.4) is 0 Å². The van der Waals surface area contributed by atoms with Crippen LogP contribution in [-0.2, 0) is 4.79 Å². The van der Waals surface area contributed by atoms with Gasteiger partial charge in [-0.15, -0.1) is 0 Å². The molecule has 1 aliphatic rings. The zero-order valence-electron chi connectivity index (χ0n) is 12.3. The third-order valence-corrected chi connectivity index (χ3v) is 4.50. The largest absolute Gasteiger partial charge is 0.365 e. The summed E-state index contributed by atoms with van der Waals surface area (Å²) in [5, 5.41) is 1.54. The average Bonchev–Trinajstić information content (AvgIpc) is 2.93. The van der Waals surface area contributed by atoms with Gasteiger partial charge in [-0.25, -0.2) is 10.9 Å². The third kappa shape index (κ3) is 2.46. The van der Waals surface area contributed by atoms with Crippen molar-refractivity contribution in [3.8, 4) is 0 Å². The predicted octanol–water partition coefficient (Wildman–Crippen LogP) is 2.15. The van der Waals surface area contributed by atoms with E-state index in [1.807, 2.05) is 18.2 Å². The maximum absolute atomic E-state index is 11.7. The molecule has 1 saturated carbocycles. The first-order valence-corrected chi connectivity index (χ1v) is 7.56. The minimum atomic E-state index is -0.607. The molecule has 116 valence electrons. The Morgan fingerprint density at radius 2 is 2.00 bits per heavy atom. The Labute approximate surface area is 128 Å². The monoisotopic (exact) mass is 300 g/mol. The summed E-state index contributed by atoms with van der Waals surface area (Å²) in [6.07, 6.45) is 6.65. The van der Waals surface area contributed by atoms with Gasteiger partial charge in [0.15, 0.2) is 0 Å². The number of aromatic nitrogens is 1. The maximum Gasteiger partial charge on any atom is 0.253 e. The van der Waals surface area contributed by atoms with Gasteiger partial charge in [0.2, 0.25) is 6.41 Å². The van der Waals surface area contributed by atoms with Crippen molar-refractivity contribution in [1.82, 2.24) is 4.98 Å². The van der Waals surface area contributed by atoms with E-state index >= 15 is 0 Å². The van der Waals surface area contributed by atoms with E-state index < -0.39 is 5.91 Å². The molecule has 3 rings (SSSR count). The molecular weight excluding hydrogens is 280 g/mol. The molecule has 0 aliphatic heterocycles. The van der Waals surface area contributed by atoms with E-state index in [4.69, 9.17) is 11.6 Å². The minimum Gasteiger partial charge on any atom is -0.365 e. The summed E-state index contributed by atoms with van der Waals surface area (Å²) >= 11 is 0. The van der Waals surface area contributed by atoms with Crippen molar-refractivity contribution in [3.05, 3.63) is 29.3 Å². The van der Waals surface area contributed by atoms with E-state index in [1.165, 1.54) is 37.7 Å². The second-order valence-electron chi connectivity index (χ2n) is 5.87. The molecule has 0 bridgehead atoms. The highest BCUT2D eigenvalue weighted by molar-refractivity contribution is 6.12. The highest BCUT2D eigenvalue weighted by Crippen LogP contribution is 2.35. The van der Waals surface area contributed by atoms with Crippen LogP contribution in [0.15, 0.2) is 18.2 Å². The van der Waals surface area contributed by atoms with Gasteiger partial charge in [0, 0.05) is 10.9 Å². The lowest BCUT2D eigenvalue weighted by Crippen LogP contribution is -2.31. The SMILES string of the molecule is NC(=O)c1c(N(N)C=O)[nH]c2cc(C3CCCCC3)ccc12. The highest BCUT2D eigenvalue weighted by atomic mass is 16.1. The quantitative estimate of drug-likeness (QED) is 0.348. The zero-order chi connectivity index (χ0) is 15.7. The fraction of sp³-hybridized carbons (Fsp3) is 0.375. The van der Waals surface area contributed by atoms with E-state index in [0.29, 0.717) is 17.7 Å². The number of aromatic amines is 1. The minimum absolute atomic E-state index is 0.235. The lowest BCUT2D eigenvalue weighted by molar-refractivity contribution is -0.107. The Hall–Kier alpha value is -2.34. The average molecular weight is 300 g/mol. The molecular formula is C16H20N4O2. The van der Waals surface area contributed by atoms with Gasteiger partial charge in [-0.2, -0.15) is 0 Å². The number of hydrogen-bond donors (Lipinski definition) is 3. The van der Waals surface area contributed by atoms with Gasteiger partial charge in [-0.1, -0.05) is 31.4 Å². The summed E-state index contributed by atoms with van der Waals surface area (Å²) < 4.78 is 0. The normalized spacial score (nSPS) is 15.9. The lowest BCUT2D eigenvalue weighted by atomic mass is 9.84. The van der Waals surface area contributed by atoms with Gasteiger partial charge in [0.05, 0.1) is 5.56 Å². The van der Waals surface area contributed by atoms with Crippen molar-refractivity contribution in [2.24, 2.45) is 11.6 Å². The van der Waals surface area contributed by atoms with E-state index in [-0.39, 0.29) is 11.4 Å². The van der Waals surface area contributed by atoms with Gasteiger partial charge in [0.25, 0.3) is 5.91 Å². The smallest absolute Gasteiger partial charge is 0.253 e. The first-order chi connectivity index (χ1) is 10.6. The predicted molar refractivity (Wildman–Crippen MR) is 85.4 cm³/mol. The van der Waals surface area contributed by atoms with Crippen molar-refractivity contribution < 1.29 is 9.59 Å². The number of fused-ring (bicyclic) bond motifs is 1. The fourth-order valence-corrected chi connectivity index (χ4v) is 3.39. The van der Waals surface area contributed by atoms with E-state index in [9.17, 15) is 9.59 Å². The Kier molecular flexibility index (Phi) is 3.85. The van der Waals surface area contributed by atoms with Gasteiger partial charge in [-0.3, -0.25) is 9.59 Å². The molecule has 0 atom stereocenters. The summed E-state index contributed by atoms with van der Waals surface area (Å²) in [6, 6.07) is 5.97. The number of hydrogen-bond acceptors (Lipinski definition) is 3. The molecule has 0 spiro atoms. The molecule has 0 saturated heterocycles. The standard InChI is InChI=1S/C16H20N4O2/c17-15(22)14-12-7-6-11(10-4-2-1-3-5-10)8-13(12)19-16(14)20(18)9-21/h6-10,19H,1-5,18H2,(H2,17,22). The molecule has 6 nitrogen and oxygen atoms in total. The number of primary amides is 1. The summed E-state index contributed by atoms with van der Waals surface area (Å²) in [4.78, 5) is 25.7. The second-order valence-corrected chi connectivity index (χ2v) is 5.87. The van der Waals surface area contributed by atoms with Crippen molar-refractivity contribution in [2.75, 3.05) is 5.01 Å². The second kappa shape index (κ2) is 5.81. The number of anilines is 1. The van der Waals surface area contributed by atoms with E-state index in [0.717, 1.165) is 10.5 Å². The van der Waals surface area contributed by atoms with Crippen LogP contribution in [0.1, 0.15) is 53.9 Å². The molecule has 5 N–H and O–H groups in total. The van der Waals surface area contributed by atoms with Crippen LogP contribution in [0.25, 0.3) is 10.9 Å². The van der Waals surface area contributed by atoms with Gasteiger partial charge in [0.1, 0.15) is 5.82 Å². The molecule has 0 unspecified atom stereocenters. The van der Waals surface area contributed by atoms with Crippen LogP contribution >= 0.6 is 0 Å².